The Morgan fingerprint density at radius 1 is 1.20 bits per heavy atom. The van der Waals surface area contributed by atoms with Crippen LogP contribution in [0.5, 0.6) is 5.75 Å². The summed E-state index contributed by atoms with van der Waals surface area (Å²) in [5.74, 6) is 0.969. The summed E-state index contributed by atoms with van der Waals surface area (Å²) in [6.07, 6.45) is 7.73. The van der Waals surface area contributed by atoms with Crippen LogP contribution in [-0.2, 0) is 4.79 Å². The van der Waals surface area contributed by atoms with Gasteiger partial charge in [-0.1, -0.05) is 30.4 Å². The van der Waals surface area contributed by atoms with Crippen LogP contribution >= 0.6 is 0 Å². The van der Waals surface area contributed by atoms with Gasteiger partial charge in [0.1, 0.15) is 11.4 Å². The van der Waals surface area contributed by atoms with E-state index < -0.39 is 0 Å². The molecule has 1 aromatic carbocycles. The molecule has 0 N–H and O–H groups in total. The first-order valence-corrected chi connectivity index (χ1v) is 6.76. The third-order valence-corrected chi connectivity index (χ3v) is 3.25. The van der Waals surface area contributed by atoms with Gasteiger partial charge < -0.3 is 4.74 Å². The molecule has 0 bridgehead atoms. The first kappa shape index (κ1) is 14.3. The van der Waals surface area contributed by atoms with Crippen LogP contribution in [0.1, 0.15) is 33.3 Å². The summed E-state index contributed by atoms with van der Waals surface area (Å²) in [7, 11) is 0. The van der Waals surface area contributed by atoms with Gasteiger partial charge in [-0.3, -0.25) is 4.79 Å². The quantitative estimate of drug-likeness (QED) is 0.602. The van der Waals surface area contributed by atoms with Crippen LogP contribution in [0.15, 0.2) is 53.6 Å². The number of fused-ring (bicyclic) bond motifs is 1. The molecule has 104 valence electrons. The van der Waals surface area contributed by atoms with E-state index in [0.29, 0.717) is 0 Å². The maximum absolute atomic E-state index is 11.0. The zero-order chi connectivity index (χ0) is 14.8. The second-order valence-corrected chi connectivity index (χ2v) is 5.58. The van der Waals surface area contributed by atoms with Gasteiger partial charge in [-0.25, -0.2) is 0 Å². The van der Waals surface area contributed by atoms with Gasteiger partial charge in [0.15, 0.2) is 5.78 Å². The fourth-order valence-electron chi connectivity index (χ4n) is 2.21. The van der Waals surface area contributed by atoms with E-state index in [1.54, 1.807) is 13.0 Å². The van der Waals surface area contributed by atoms with Gasteiger partial charge in [-0.05, 0) is 57.1 Å². The van der Waals surface area contributed by atoms with Crippen LogP contribution < -0.4 is 4.74 Å². The third kappa shape index (κ3) is 3.27. The molecule has 1 aliphatic rings. The topological polar surface area (TPSA) is 26.3 Å². The van der Waals surface area contributed by atoms with Gasteiger partial charge in [0.2, 0.25) is 0 Å². The third-order valence-electron chi connectivity index (χ3n) is 3.25. The van der Waals surface area contributed by atoms with E-state index in [-0.39, 0.29) is 11.4 Å². The Hall–Kier alpha value is -2.09. The molecule has 2 nitrogen and oxygen atoms in total. The number of ketones is 1. The van der Waals surface area contributed by atoms with E-state index in [1.807, 2.05) is 57.2 Å². The van der Waals surface area contributed by atoms with Crippen molar-refractivity contribution >= 4 is 11.9 Å². The highest BCUT2D eigenvalue weighted by Gasteiger charge is 2.28. The minimum absolute atomic E-state index is 0.0608. The molecule has 0 radical (unpaired) electrons. The highest BCUT2D eigenvalue weighted by Crippen LogP contribution is 2.35. The van der Waals surface area contributed by atoms with Crippen molar-refractivity contribution in [2.24, 2.45) is 0 Å². The highest BCUT2D eigenvalue weighted by molar-refractivity contribution is 5.88. The molecular weight excluding hydrogens is 248 g/mol. The number of benzene rings is 1. The first-order valence-electron chi connectivity index (χ1n) is 6.76. The summed E-state index contributed by atoms with van der Waals surface area (Å²) in [5, 5.41) is 0. The van der Waals surface area contributed by atoms with E-state index in [0.717, 1.165) is 22.5 Å². The van der Waals surface area contributed by atoms with Crippen molar-refractivity contribution in [3.8, 4) is 5.75 Å². The van der Waals surface area contributed by atoms with Crippen LogP contribution in [0, 0.1) is 0 Å². The Balaban J connectivity index is 2.33. The number of rotatable bonds is 3. The first-order chi connectivity index (χ1) is 9.38. The van der Waals surface area contributed by atoms with Gasteiger partial charge in [-0.2, -0.15) is 0 Å². The number of ether oxygens (including phenoxy) is 1. The van der Waals surface area contributed by atoms with Crippen LogP contribution in [-0.4, -0.2) is 11.4 Å². The van der Waals surface area contributed by atoms with Crippen molar-refractivity contribution in [3.05, 3.63) is 59.2 Å². The van der Waals surface area contributed by atoms with Crippen molar-refractivity contribution in [1.82, 2.24) is 0 Å². The Morgan fingerprint density at radius 2 is 1.90 bits per heavy atom. The summed E-state index contributed by atoms with van der Waals surface area (Å²) in [4.78, 5) is 11.0. The number of carbonyl (C=O) groups excluding carboxylic acids is 1. The summed E-state index contributed by atoms with van der Waals surface area (Å²) in [6, 6.07) is 7.99. The van der Waals surface area contributed by atoms with Crippen molar-refractivity contribution in [3.63, 3.8) is 0 Å². The molecule has 1 heterocycles. The average molecular weight is 268 g/mol. The molecule has 0 amide bonds. The molecule has 0 fully saturated rings. The number of allylic oxidation sites excluding steroid dienone is 3. The molecular formula is C18H20O2. The molecule has 20 heavy (non-hydrogen) atoms. The largest absolute Gasteiger partial charge is 0.483 e. The lowest BCUT2D eigenvalue weighted by Crippen LogP contribution is -2.32. The molecule has 0 aliphatic carbocycles. The number of carbonyl (C=O) groups is 1. The van der Waals surface area contributed by atoms with Gasteiger partial charge in [-0.15, -0.1) is 0 Å². The maximum Gasteiger partial charge on any atom is 0.152 e. The molecule has 1 aromatic rings. The summed E-state index contributed by atoms with van der Waals surface area (Å²) in [6.45, 7) is 7.57. The Kier molecular flexibility index (Phi) is 3.93. The average Bonchev–Trinajstić information content (AvgIpc) is 2.34. The Morgan fingerprint density at radius 3 is 2.60 bits per heavy atom. The fraction of sp³-hybridized carbons (Fsp3) is 0.278. The summed E-state index contributed by atoms with van der Waals surface area (Å²) < 4.78 is 6.04. The second kappa shape index (κ2) is 5.49. The lowest BCUT2D eigenvalue weighted by Gasteiger charge is -2.32. The van der Waals surface area contributed by atoms with E-state index >= 15 is 0 Å². The normalized spacial score (nSPS) is 17.4. The van der Waals surface area contributed by atoms with Crippen molar-refractivity contribution < 1.29 is 9.53 Å². The molecule has 0 aromatic heterocycles. The Labute approximate surface area is 120 Å². The predicted molar refractivity (Wildman–Crippen MR) is 82.7 cm³/mol. The molecule has 0 unspecified atom stereocenters. The van der Waals surface area contributed by atoms with Crippen molar-refractivity contribution in [1.29, 1.82) is 0 Å². The smallest absolute Gasteiger partial charge is 0.152 e. The maximum atomic E-state index is 11.0. The predicted octanol–water partition coefficient (Wildman–Crippen LogP) is 4.33. The van der Waals surface area contributed by atoms with Crippen LogP contribution in [0.2, 0.25) is 0 Å². The van der Waals surface area contributed by atoms with Crippen LogP contribution in [0.3, 0.4) is 0 Å². The molecule has 2 heteroatoms. The fourth-order valence-corrected chi connectivity index (χ4v) is 2.21. The van der Waals surface area contributed by atoms with E-state index in [1.165, 1.54) is 0 Å². The SMILES string of the molecule is CC(=O)/C=C(C)\C=C\C1=Cc2ccccc2OC1(C)C. The van der Waals surface area contributed by atoms with Gasteiger partial charge in [0.05, 0.1) is 0 Å². The summed E-state index contributed by atoms with van der Waals surface area (Å²) in [5.41, 5.74) is 2.74. The van der Waals surface area contributed by atoms with Crippen molar-refractivity contribution in [2.45, 2.75) is 33.3 Å². The van der Waals surface area contributed by atoms with Gasteiger partial charge >= 0.3 is 0 Å². The molecule has 1 aliphatic heterocycles. The Bertz CT molecular complexity index is 616. The minimum Gasteiger partial charge on any atom is -0.483 e. The molecule has 0 atom stereocenters. The van der Waals surface area contributed by atoms with E-state index in [9.17, 15) is 4.79 Å². The highest BCUT2D eigenvalue weighted by atomic mass is 16.5. The second-order valence-electron chi connectivity index (χ2n) is 5.58. The number of hydrogen-bond donors (Lipinski definition) is 0. The molecule has 2 rings (SSSR count). The van der Waals surface area contributed by atoms with E-state index in [4.69, 9.17) is 4.74 Å². The molecule has 0 saturated carbocycles. The zero-order valence-corrected chi connectivity index (χ0v) is 12.4. The van der Waals surface area contributed by atoms with Crippen LogP contribution in [0.4, 0.5) is 0 Å². The number of para-hydroxylation sites is 1. The summed E-state index contributed by atoms with van der Waals surface area (Å²) >= 11 is 0. The molecule has 0 saturated heterocycles. The van der Waals surface area contributed by atoms with Gasteiger partial charge in [0.25, 0.3) is 0 Å². The molecule has 0 spiro atoms. The van der Waals surface area contributed by atoms with Crippen molar-refractivity contribution in [2.75, 3.05) is 0 Å². The standard InChI is InChI=1S/C18H20O2/c1-13(11-14(2)19)9-10-16-12-15-7-5-6-8-17(15)20-18(16,3)4/h5-12H,1-4H3/b10-9+,13-11-. The van der Waals surface area contributed by atoms with Crippen LogP contribution in [0.25, 0.3) is 6.08 Å². The minimum atomic E-state index is -0.374. The lowest BCUT2D eigenvalue weighted by molar-refractivity contribution is -0.112. The zero-order valence-electron chi connectivity index (χ0n) is 12.4. The monoisotopic (exact) mass is 268 g/mol. The number of hydrogen-bond acceptors (Lipinski definition) is 2. The van der Waals surface area contributed by atoms with E-state index in [2.05, 4.69) is 6.08 Å². The lowest BCUT2D eigenvalue weighted by atomic mass is 9.91. The van der Waals surface area contributed by atoms with Gasteiger partial charge in [0, 0.05) is 5.56 Å².